The van der Waals surface area contributed by atoms with E-state index in [4.69, 9.17) is 0 Å². The van der Waals surface area contributed by atoms with Gasteiger partial charge in [0.15, 0.2) is 5.96 Å². The predicted octanol–water partition coefficient (Wildman–Crippen LogP) is 3.48. The van der Waals surface area contributed by atoms with Gasteiger partial charge in [-0.25, -0.2) is 14.4 Å². The van der Waals surface area contributed by atoms with Gasteiger partial charge in [0.2, 0.25) is 0 Å². The number of aliphatic imine (C=N–C) groups is 1. The Kier molecular flexibility index (Phi) is 7.65. The van der Waals surface area contributed by atoms with Crippen molar-refractivity contribution in [2.24, 2.45) is 4.99 Å². The number of benzene rings is 1. The van der Waals surface area contributed by atoms with Gasteiger partial charge >= 0.3 is 0 Å². The van der Waals surface area contributed by atoms with Gasteiger partial charge in [-0.3, -0.25) is 0 Å². The molecule has 0 fully saturated rings. The van der Waals surface area contributed by atoms with Crippen LogP contribution in [0.15, 0.2) is 41.9 Å². The zero-order valence-corrected chi connectivity index (χ0v) is 16.8. The van der Waals surface area contributed by atoms with Gasteiger partial charge in [0, 0.05) is 24.5 Å². The molecule has 0 aliphatic carbocycles. The molecular weight excluding hydrogens is 420 g/mol. The number of aromatic nitrogens is 2. The zero-order chi connectivity index (χ0) is 16.9. The summed E-state index contributed by atoms with van der Waals surface area (Å²) >= 11 is 0. The first-order valence-electron chi connectivity index (χ1n) is 7.72. The summed E-state index contributed by atoms with van der Waals surface area (Å²) in [5, 5.41) is 6.50. The van der Waals surface area contributed by atoms with Crippen LogP contribution in [0.5, 0.6) is 0 Å². The molecule has 0 unspecified atom stereocenters. The Morgan fingerprint density at radius 3 is 2.62 bits per heavy atom. The van der Waals surface area contributed by atoms with Crippen LogP contribution in [0, 0.1) is 5.82 Å². The molecule has 0 aliphatic rings. The second-order valence-electron chi connectivity index (χ2n) is 6.33. The van der Waals surface area contributed by atoms with E-state index in [0.29, 0.717) is 12.2 Å². The summed E-state index contributed by atoms with van der Waals surface area (Å²) in [5.74, 6) is 0.434. The predicted molar refractivity (Wildman–Crippen MR) is 107 cm³/mol. The van der Waals surface area contributed by atoms with Crippen molar-refractivity contribution in [2.75, 3.05) is 6.54 Å². The van der Waals surface area contributed by atoms with Gasteiger partial charge < -0.3 is 15.2 Å². The highest BCUT2D eigenvalue weighted by atomic mass is 127. The molecule has 2 rings (SSSR count). The first kappa shape index (κ1) is 20.4. The molecule has 0 radical (unpaired) electrons. The molecule has 0 bridgehead atoms. The maximum atomic E-state index is 14.2. The smallest absolute Gasteiger partial charge is 0.191 e. The lowest BCUT2D eigenvalue weighted by molar-refractivity contribution is 0.501. The standard InChI is InChI=1S/C17H24FN5.HI/c1-5-20-16(22-17(2,3)4)21-11-13-6-7-15(14(18)10-13)23-9-8-19-12-23;/h6-10,12H,5,11H2,1-4H3,(H2,20,21,22);1H. The molecule has 0 aliphatic heterocycles. The molecule has 0 saturated heterocycles. The van der Waals surface area contributed by atoms with Crippen LogP contribution in [0.25, 0.3) is 5.69 Å². The maximum Gasteiger partial charge on any atom is 0.191 e. The highest BCUT2D eigenvalue weighted by Gasteiger charge is 2.11. The van der Waals surface area contributed by atoms with E-state index in [1.165, 1.54) is 6.07 Å². The minimum absolute atomic E-state index is 0. The van der Waals surface area contributed by atoms with Crippen LogP contribution >= 0.6 is 24.0 Å². The molecule has 7 heteroatoms. The molecule has 0 atom stereocenters. The van der Waals surface area contributed by atoms with E-state index in [-0.39, 0.29) is 35.3 Å². The van der Waals surface area contributed by atoms with Crippen molar-refractivity contribution in [3.63, 3.8) is 0 Å². The molecule has 1 aromatic heterocycles. The lowest BCUT2D eigenvalue weighted by Crippen LogP contribution is -2.47. The minimum Gasteiger partial charge on any atom is -0.357 e. The summed E-state index contributed by atoms with van der Waals surface area (Å²) in [7, 11) is 0. The van der Waals surface area contributed by atoms with Crippen molar-refractivity contribution in [1.29, 1.82) is 0 Å². The van der Waals surface area contributed by atoms with E-state index in [1.807, 2.05) is 13.0 Å². The largest absolute Gasteiger partial charge is 0.357 e. The van der Waals surface area contributed by atoms with Gasteiger partial charge in [-0.2, -0.15) is 0 Å². The molecule has 0 amide bonds. The Morgan fingerprint density at radius 1 is 1.33 bits per heavy atom. The Hall–Kier alpha value is -1.64. The minimum atomic E-state index is -0.288. The van der Waals surface area contributed by atoms with E-state index in [9.17, 15) is 4.39 Å². The molecular formula is C17H25FIN5. The van der Waals surface area contributed by atoms with E-state index in [0.717, 1.165) is 18.1 Å². The summed E-state index contributed by atoms with van der Waals surface area (Å²) < 4.78 is 15.9. The van der Waals surface area contributed by atoms with Gasteiger partial charge in [-0.15, -0.1) is 24.0 Å². The Morgan fingerprint density at radius 2 is 2.08 bits per heavy atom. The SMILES string of the molecule is CCNC(=NCc1ccc(-n2ccnc2)c(F)c1)NC(C)(C)C.I. The summed E-state index contributed by atoms with van der Waals surface area (Å²) in [5.41, 5.74) is 1.21. The quantitative estimate of drug-likeness (QED) is 0.431. The van der Waals surface area contributed by atoms with E-state index in [1.54, 1.807) is 29.4 Å². The average Bonchev–Trinajstić information content (AvgIpc) is 2.97. The third-order valence-corrected chi connectivity index (χ3v) is 3.05. The number of nitrogens with one attached hydrogen (secondary N) is 2. The van der Waals surface area contributed by atoms with Crippen LogP contribution in [-0.2, 0) is 6.54 Å². The molecule has 5 nitrogen and oxygen atoms in total. The number of guanidine groups is 1. The molecule has 1 aromatic carbocycles. The first-order chi connectivity index (χ1) is 10.9. The van der Waals surface area contributed by atoms with Gasteiger partial charge in [-0.05, 0) is 45.4 Å². The molecule has 2 aromatic rings. The van der Waals surface area contributed by atoms with Gasteiger partial charge in [0.25, 0.3) is 0 Å². The number of hydrogen-bond acceptors (Lipinski definition) is 2. The van der Waals surface area contributed by atoms with Crippen molar-refractivity contribution < 1.29 is 4.39 Å². The maximum absolute atomic E-state index is 14.2. The second kappa shape index (κ2) is 9.00. The van der Waals surface area contributed by atoms with Crippen LogP contribution in [0.2, 0.25) is 0 Å². The zero-order valence-electron chi connectivity index (χ0n) is 14.5. The van der Waals surface area contributed by atoms with Crippen molar-refractivity contribution in [3.8, 4) is 5.69 Å². The van der Waals surface area contributed by atoms with Crippen LogP contribution < -0.4 is 10.6 Å². The fourth-order valence-corrected chi connectivity index (χ4v) is 2.09. The van der Waals surface area contributed by atoms with Crippen LogP contribution in [0.1, 0.15) is 33.3 Å². The van der Waals surface area contributed by atoms with Gasteiger partial charge in [0.1, 0.15) is 5.82 Å². The Bertz CT molecular complexity index is 662. The summed E-state index contributed by atoms with van der Waals surface area (Å²) in [6.45, 7) is 9.40. The van der Waals surface area contributed by atoms with E-state index >= 15 is 0 Å². The molecule has 0 saturated carbocycles. The number of hydrogen-bond donors (Lipinski definition) is 2. The number of rotatable bonds is 4. The lowest BCUT2D eigenvalue weighted by Gasteiger charge is -2.23. The van der Waals surface area contributed by atoms with Crippen LogP contribution in [-0.4, -0.2) is 27.6 Å². The first-order valence-corrected chi connectivity index (χ1v) is 7.72. The van der Waals surface area contributed by atoms with E-state index in [2.05, 4.69) is 41.4 Å². The summed E-state index contributed by atoms with van der Waals surface area (Å²) in [4.78, 5) is 8.45. The van der Waals surface area contributed by atoms with E-state index < -0.39 is 0 Å². The summed E-state index contributed by atoms with van der Waals surface area (Å²) in [6.07, 6.45) is 4.91. The fraction of sp³-hybridized carbons (Fsp3) is 0.412. The summed E-state index contributed by atoms with van der Waals surface area (Å²) in [6, 6.07) is 5.13. The molecule has 2 N–H and O–H groups in total. The number of imidazole rings is 1. The third kappa shape index (κ3) is 6.10. The number of nitrogens with zero attached hydrogens (tertiary/aromatic N) is 3. The van der Waals surface area contributed by atoms with Gasteiger partial charge in [0.05, 0.1) is 18.6 Å². The lowest BCUT2D eigenvalue weighted by atomic mass is 10.1. The second-order valence-corrected chi connectivity index (χ2v) is 6.33. The highest BCUT2D eigenvalue weighted by Crippen LogP contribution is 2.15. The van der Waals surface area contributed by atoms with Crippen molar-refractivity contribution in [2.45, 2.75) is 39.8 Å². The molecule has 0 spiro atoms. The average molecular weight is 445 g/mol. The number of halogens is 2. The molecule has 24 heavy (non-hydrogen) atoms. The Balaban J connectivity index is 0.00000288. The van der Waals surface area contributed by atoms with Crippen LogP contribution in [0.3, 0.4) is 0 Å². The van der Waals surface area contributed by atoms with Gasteiger partial charge in [-0.1, -0.05) is 6.07 Å². The van der Waals surface area contributed by atoms with Crippen molar-refractivity contribution >= 4 is 29.9 Å². The van der Waals surface area contributed by atoms with Crippen LogP contribution in [0.4, 0.5) is 4.39 Å². The highest BCUT2D eigenvalue weighted by molar-refractivity contribution is 14.0. The molecule has 1 heterocycles. The van der Waals surface area contributed by atoms with Crippen molar-refractivity contribution in [1.82, 2.24) is 20.2 Å². The third-order valence-electron chi connectivity index (χ3n) is 3.05. The van der Waals surface area contributed by atoms with Crippen molar-refractivity contribution in [3.05, 3.63) is 48.3 Å². The Labute approximate surface area is 159 Å². The normalized spacial score (nSPS) is 11.8. The topological polar surface area (TPSA) is 54.2 Å². The fourth-order valence-electron chi connectivity index (χ4n) is 2.09. The molecule has 132 valence electrons. The monoisotopic (exact) mass is 445 g/mol.